The summed E-state index contributed by atoms with van der Waals surface area (Å²) < 4.78 is 3.72. The molecule has 1 aliphatic rings. The van der Waals surface area contributed by atoms with Gasteiger partial charge in [-0.1, -0.05) is 23.7 Å². The van der Waals surface area contributed by atoms with Gasteiger partial charge < -0.3 is 9.88 Å². The van der Waals surface area contributed by atoms with Crippen molar-refractivity contribution in [2.75, 3.05) is 13.1 Å². The molecule has 0 spiro atoms. The summed E-state index contributed by atoms with van der Waals surface area (Å²) in [6.07, 6.45) is 6.67. The molecule has 4 aromatic rings. The minimum Gasteiger partial charge on any atom is -0.339 e. The number of imidazole rings is 2. The smallest absolute Gasteiger partial charge is 0.326 e. The molecule has 1 fully saturated rings. The van der Waals surface area contributed by atoms with Gasteiger partial charge in [0, 0.05) is 31.4 Å². The van der Waals surface area contributed by atoms with E-state index in [0.29, 0.717) is 18.1 Å². The molecule has 0 bridgehead atoms. The van der Waals surface area contributed by atoms with E-state index in [4.69, 9.17) is 11.6 Å². The summed E-state index contributed by atoms with van der Waals surface area (Å²) in [5.74, 6) is -0.0406. The van der Waals surface area contributed by atoms with Gasteiger partial charge in [0.2, 0.25) is 5.91 Å². The second-order valence-electron chi connectivity index (χ2n) is 7.87. The number of amides is 1. The van der Waals surface area contributed by atoms with Gasteiger partial charge in [0.15, 0.2) is 0 Å². The predicted octanol–water partition coefficient (Wildman–Crippen LogP) is 3.82. The number of aromatic nitrogens is 4. The molecule has 7 nitrogen and oxygen atoms in total. The fraction of sp³-hybridized carbons (Fsp3) is 0.261. The Hall–Kier alpha value is -3.32. The zero-order valence-electron chi connectivity index (χ0n) is 17.1. The zero-order chi connectivity index (χ0) is 21.5. The van der Waals surface area contributed by atoms with E-state index < -0.39 is 0 Å². The summed E-state index contributed by atoms with van der Waals surface area (Å²) in [7, 11) is 0. The van der Waals surface area contributed by atoms with Gasteiger partial charge in [0.25, 0.3) is 0 Å². The number of hydrogen-bond donors (Lipinski definition) is 1. The zero-order valence-corrected chi connectivity index (χ0v) is 17.8. The molecule has 0 saturated carbocycles. The number of nitrogens with zero attached hydrogens (tertiary/aromatic N) is 4. The van der Waals surface area contributed by atoms with Crippen molar-refractivity contribution in [3.05, 3.63) is 75.6 Å². The Morgan fingerprint density at radius 3 is 2.77 bits per heavy atom. The number of carbonyl (C=O) groups excluding carboxylic acids is 1. The number of benzene rings is 1. The fourth-order valence-corrected chi connectivity index (χ4v) is 4.55. The lowest BCUT2D eigenvalue weighted by Crippen LogP contribution is -2.39. The minimum atomic E-state index is -0.0902. The van der Waals surface area contributed by atoms with Crippen LogP contribution in [-0.2, 0) is 4.79 Å². The Morgan fingerprint density at radius 1 is 1.19 bits per heavy atom. The van der Waals surface area contributed by atoms with Crippen LogP contribution in [0.5, 0.6) is 0 Å². The molecule has 158 valence electrons. The average molecular weight is 436 g/mol. The summed E-state index contributed by atoms with van der Waals surface area (Å²) in [5.41, 5.74) is 4.14. The summed E-state index contributed by atoms with van der Waals surface area (Å²) in [6.45, 7) is 3.13. The first kappa shape index (κ1) is 19.6. The van der Waals surface area contributed by atoms with Crippen molar-refractivity contribution in [2.24, 2.45) is 0 Å². The van der Waals surface area contributed by atoms with Crippen LogP contribution in [0.3, 0.4) is 0 Å². The number of nitrogens with one attached hydrogen (secondary N) is 1. The highest BCUT2D eigenvalue weighted by Gasteiger charge is 2.25. The molecule has 4 heterocycles. The van der Waals surface area contributed by atoms with E-state index in [0.717, 1.165) is 40.9 Å². The maximum Gasteiger partial charge on any atom is 0.326 e. The van der Waals surface area contributed by atoms with Crippen molar-refractivity contribution in [1.82, 2.24) is 23.8 Å². The highest BCUT2D eigenvalue weighted by molar-refractivity contribution is 6.30. The molecule has 0 unspecified atom stereocenters. The highest BCUT2D eigenvalue weighted by Crippen LogP contribution is 2.25. The number of aryl methyl sites for hydroxylation is 1. The third-order valence-corrected chi connectivity index (χ3v) is 6.18. The van der Waals surface area contributed by atoms with Crippen molar-refractivity contribution in [2.45, 2.75) is 25.8 Å². The van der Waals surface area contributed by atoms with Crippen molar-refractivity contribution < 1.29 is 4.79 Å². The topological polar surface area (TPSA) is 75.4 Å². The lowest BCUT2D eigenvalue weighted by Gasteiger charge is -2.32. The molecule has 0 aliphatic carbocycles. The number of H-pyrrole nitrogens is 1. The second kappa shape index (κ2) is 7.74. The van der Waals surface area contributed by atoms with E-state index >= 15 is 0 Å². The number of halogens is 1. The molecular weight excluding hydrogens is 414 g/mol. The molecule has 31 heavy (non-hydrogen) atoms. The van der Waals surface area contributed by atoms with Crippen LogP contribution in [-0.4, -0.2) is 42.8 Å². The summed E-state index contributed by atoms with van der Waals surface area (Å²) in [6, 6.07) is 11.4. The minimum absolute atomic E-state index is 0.0406. The Kier molecular flexibility index (Phi) is 4.90. The van der Waals surface area contributed by atoms with E-state index in [-0.39, 0.29) is 17.6 Å². The number of pyridine rings is 1. The van der Waals surface area contributed by atoms with Crippen LogP contribution in [0.1, 0.15) is 30.3 Å². The number of rotatable bonds is 3. The predicted molar refractivity (Wildman–Crippen MR) is 121 cm³/mol. The number of para-hydroxylation sites is 2. The molecule has 8 heteroatoms. The third-order valence-electron chi connectivity index (χ3n) is 5.95. The van der Waals surface area contributed by atoms with Crippen LogP contribution in [0.25, 0.3) is 22.8 Å². The second-order valence-corrected chi connectivity index (χ2v) is 8.30. The lowest BCUT2D eigenvalue weighted by molar-refractivity contribution is -0.127. The summed E-state index contributed by atoms with van der Waals surface area (Å²) in [5, 5.41) is 0.612. The molecule has 1 aliphatic heterocycles. The Balaban J connectivity index is 1.31. The van der Waals surface area contributed by atoms with Gasteiger partial charge in [-0.15, -0.1) is 0 Å². The Morgan fingerprint density at radius 2 is 1.97 bits per heavy atom. The standard InChI is InChI=1S/C23H22ClN5O2/c1-15-19(28-14-16(24)6-8-21(28)25-15)7-9-22(30)27-12-10-17(11-13-27)29-20-5-3-2-4-18(20)26-23(29)31/h2-9,14,17H,10-13H2,1H3,(H,26,31)/b9-7+. The normalized spacial score (nSPS) is 15.5. The molecule has 1 amide bonds. The van der Waals surface area contributed by atoms with Crippen LogP contribution in [0, 0.1) is 6.92 Å². The van der Waals surface area contributed by atoms with Gasteiger partial charge in [-0.05, 0) is 50.1 Å². The molecule has 5 rings (SSSR count). The first-order valence-electron chi connectivity index (χ1n) is 10.3. The van der Waals surface area contributed by atoms with Crippen molar-refractivity contribution in [3.63, 3.8) is 0 Å². The van der Waals surface area contributed by atoms with Crippen molar-refractivity contribution in [1.29, 1.82) is 0 Å². The summed E-state index contributed by atoms with van der Waals surface area (Å²) in [4.78, 5) is 34.5. The van der Waals surface area contributed by atoms with Gasteiger partial charge in [0.1, 0.15) is 5.65 Å². The van der Waals surface area contributed by atoms with Gasteiger partial charge in [0.05, 0.1) is 27.4 Å². The maximum absolute atomic E-state index is 12.8. The first-order chi connectivity index (χ1) is 15.0. The largest absolute Gasteiger partial charge is 0.339 e. The van der Waals surface area contributed by atoms with Gasteiger partial charge in [-0.3, -0.25) is 13.8 Å². The molecule has 0 atom stereocenters. The van der Waals surface area contributed by atoms with E-state index in [2.05, 4.69) is 9.97 Å². The third kappa shape index (κ3) is 3.55. The number of carbonyl (C=O) groups is 1. The maximum atomic E-state index is 12.8. The monoisotopic (exact) mass is 435 g/mol. The quantitative estimate of drug-likeness (QED) is 0.497. The Bertz CT molecular complexity index is 1370. The Labute approximate surface area is 183 Å². The van der Waals surface area contributed by atoms with Crippen LogP contribution >= 0.6 is 11.6 Å². The molecule has 0 radical (unpaired) electrons. The number of fused-ring (bicyclic) bond motifs is 2. The molecular formula is C23H22ClN5O2. The van der Waals surface area contributed by atoms with Gasteiger partial charge in [-0.25, -0.2) is 9.78 Å². The number of piperidine rings is 1. The number of likely N-dealkylation sites (tertiary alicyclic amines) is 1. The van der Waals surface area contributed by atoms with Crippen molar-refractivity contribution >= 4 is 40.3 Å². The van der Waals surface area contributed by atoms with E-state index in [1.54, 1.807) is 24.4 Å². The molecule has 1 saturated heterocycles. The average Bonchev–Trinajstić information content (AvgIpc) is 3.27. The number of aromatic amines is 1. The van der Waals surface area contributed by atoms with Gasteiger partial charge >= 0.3 is 5.69 Å². The molecule has 1 aromatic carbocycles. The van der Waals surface area contributed by atoms with Crippen LogP contribution in [0.4, 0.5) is 0 Å². The van der Waals surface area contributed by atoms with E-state index in [9.17, 15) is 9.59 Å². The molecule has 1 N–H and O–H groups in total. The van der Waals surface area contributed by atoms with E-state index in [1.807, 2.05) is 51.1 Å². The van der Waals surface area contributed by atoms with E-state index in [1.165, 1.54) is 0 Å². The lowest BCUT2D eigenvalue weighted by atomic mass is 10.0. The first-order valence-corrected chi connectivity index (χ1v) is 10.7. The van der Waals surface area contributed by atoms with Crippen LogP contribution < -0.4 is 5.69 Å². The van der Waals surface area contributed by atoms with Crippen molar-refractivity contribution in [3.8, 4) is 0 Å². The van der Waals surface area contributed by atoms with Crippen LogP contribution in [0.15, 0.2) is 53.5 Å². The number of hydrogen-bond acceptors (Lipinski definition) is 3. The van der Waals surface area contributed by atoms with Crippen LogP contribution in [0.2, 0.25) is 5.02 Å². The SMILES string of the molecule is Cc1nc2ccc(Cl)cn2c1/C=C/C(=O)N1CCC(n2c(=O)[nH]c3ccccc32)CC1. The molecule has 3 aromatic heterocycles. The van der Waals surface area contributed by atoms with Gasteiger partial charge in [-0.2, -0.15) is 0 Å². The summed E-state index contributed by atoms with van der Waals surface area (Å²) >= 11 is 6.11. The fourth-order valence-electron chi connectivity index (χ4n) is 4.39. The highest BCUT2D eigenvalue weighted by atomic mass is 35.5.